The van der Waals surface area contributed by atoms with Gasteiger partial charge < -0.3 is 22.3 Å². The molecule has 12 nitrogen and oxygen atoms in total. The van der Waals surface area contributed by atoms with E-state index in [0.29, 0.717) is 23.2 Å². The topological polar surface area (TPSA) is 210 Å². The quantitative estimate of drug-likeness (QED) is 0.0838. The van der Waals surface area contributed by atoms with Gasteiger partial charge in [-0.15, -0.1) is 22.7 Å². The molecule has 2 unspecified atom stereocenters. The van der Waals surface area contributed by atoms with E-state index in [1.807, 2.05) is 64.1 Å². The lowest BCUT2D eigenvalue weighted by molar-refractivity contribution is -0.138. The van der Waals surface area contributed by atoms with E-state index >= 15 is 0 Å². The molecule has 2 atom stereocenters. The van der Waals surface area contributed by atoms with Crippen molar-refractivity contribution in [1.82, 2.24) is 29.9 Å². The van der Waals surface area contributed by atoms with Gasteiger partial charge in [0.25, 0.3) is 0 Å². The van der Waals surface area contributed by atoms with Crippen molar-refractivity contribution in [2.45, 2.75) is 58.4 Å². The third-order valence-corrected chi connectivity index (χ3v) is 10.1. The van der Waals surface area contributed by atoms with Crippen LogP contribution in [0.4, 0.5) is 38.2 Å². The van der Waals surface area contributed by atoms with Gasteiger partial charge in [0, 0.05) is 42.2 Å². The molecule has 0 aliphatic carbocycles. The van der Waals surface area contributed by atoms with Gasteiger partial charge in [-0.1, -0.05) is 31.2 Å². The standard InChI is InChI=1S/C19H17F3N4OS.C13H16N4.C5H2F3NO2S/c1-10-7-12(14-5-6-24-18(23)26-14)3-4-13(10)11(2)8-15(27)16-9-25-17(28-16)19(20,21)22;1-8-7-10(3-4-11(8)9(2)14)12-5-6-16-13(15)17-12;6-5(7,8)4-9-1-2(12-4)3(10)11/h3-7,9,11H,8H2,1-2H3,(H2,23,24,26);3-7,9H,14H2,1-2H3,(H2,15,16,17);1H,(H,10,11). The monoisotopic (exact) mass is 831 g/mol. The number of carbonyl (C=O) groups excluding carboxylic acids is 1. The van der Waals surface area contributed by atoms with Gasteiger partial charge in [-0.3, -0.25) is 4.79 Å². The molecule has 0 bridgehead atoms. The minimum absolute atomic E-state index is 0.0184. The molecule has 4 heterocycles. The number of nitrogens with zero attached hydrogens (tertiary/aromatic N) is 6. The molecule has 0 radical (unpaired) electrons. The van der Waals surface area contributed by atoms with E-state index in [2.05, 4.69) is 36.0 Å². The number of ketones is 1. The van der Waals surface area contributed by atoms with Crippen molar-refractivity contribution < 1.29 is 41.0 Å². The number of hydrogen-bond acceptors (Lipinski definition) is 13. The Morgan fingerprint density at radius 2 is 1.14 bits per heavy atom. The first-order valence-electron chi connectivity index (χ1n) is 16.6. The third kappa shape index (κ3) is 12.1. The van der Waals surface area contributed by atoms with Crippen LogP contribution in [-0.2, 0) is 12.4 Å². The number of benzene rings is 2. The number of alkyl halides is 6. The average Bonchev–Trinajstić information content (AvgIpc) is 3.84. The van der Waals surface area contributed by atoms with Crippen LogP contribution in [0, 0.1) is 13.8 Å². The number of carboxylic acid groups (broad SMARTS) is 1. The van der Waals surface area contributed by atoms with Crippen LogP contribution in [0.3, 0.4) is 0 Å². The SMILES string of the molecule is Cc1cc(-c2ccnc(N)n2)ccc1C(C)CC(=O)c1cnc(C(F)(F)F)s1.Cc1cc(-c2ccnc(N)n2)ccc1C(C)N.O=C(O)c1cnc(C(F)(F)F)s1. The molecule has 0 spiro atoms. The molecule has 0 saturated carbocycles. The van der Waals surface area contributed by atoms with E-state index in [0.717, 1.165) is 45.3 Å². The number of aryl methyl sites for hydroxylation is 2. The maximum Gasteiger partial charge on any atom is 0.443 e. The Hall–Kier alpha value is -5.86. The highest BCUT2D eigenvalue weighted by Gasteiger charge is 2.36. The van der Waals surface area contributed by atoms with Gasteiger partial charge in [0.1, 0.15) is 4.88 Å². The molecule has 300 valence electrons. The van der Waals surface area contributed by atoms with Crippen LogP contribution in [0.2, 0.25) is 0 Å². The summed E-state index contributed by atoms with van der Waals surface area (Å²) >= 11 is 0.491. The zero-order chi connectivity index (χ0) is 42.2. The summed E-state index contributed by atoms with van der Waals surface area (Å²) in [4.78, 5) is 44.5. The highest BCUT2D eigenvalue weighted by atomic mass is 32.1. The second-order valence-electron chi connectivity index (χ2n) is 12.4. The first-order chi connectivity index (χ1) is 26.6. The number of aromatic carboxylic acids is 1. The van der Waals surface area contributed by atoms with Gasteiger partial charge in [0.15, 0.2) is 15.8 Å². The molecule has 0 aliphatic rings. The highest BCUT2D eigenvalue weighted by molar-refractivity contribution is 7.14. The Labute approximate surface area is 329 Å². The van der Waals surface area contributed by atoms with Crippen molar-refractivity contribution in [3.63, 3.8) is 0 Å². The second kappa shape index (κ2) is 18.4. The van der Waals surface area contributed by atoms with Crippen LogP contribution in [0.25, 0.3) is 22.5 Å². The largest absolute Gasteiger partial charge is 0.477 e. The Balaban J connectivity index is 0.000000210. The maximum atomic E-state index is 12.7. The van der Waals surface area contributed by atoms with Crippen molar-refractivity contribution in [2.24, 2.45) is 5.73 Å². The summed E-state index contributed by atoms with van der Waals surface area (Å²) in [5.41, 5.74) is 24.7. The van der Waals surface area contributed by atoms with Crippen molar-refractivity contribution >= 4 is 46.3 Å². The molecule has 7 N–H and O–H groups in total. The number of thiazole rings is 2. The number of anilines is 2. The normalized spacial score (nSPS) is 12.4. The second-order valence-corrected chi connectivity index (χ2v) is 14.5. The maximum absolute atomic E-state index is 12.7. The number of rotatable bonds is 8. The molecule has 0 saturated heterocycles. The predicted octanol–water partition coefficient (Wildman–Crippen LogP) is 8.80. The highest BCUT2D eigenvalue weighted by Crippen LogP contribution is 2.35. The van der Waals surface area contributed by atoms with Gasteiger partial charge in [-0.25, -0.2) is 34.7 Å². The molecule has 6 aromatic rings. The first-order valence-corrected chi connectivity index (χ1v) is 18.2. The Morgan fingerprint density at radius 3 is 1.51 bits per heavy atom. The summed E-state index contributed by atoms with van der Waals surface area (Å²) in [7, 11) is 0. The minimum atomic E-state index is -4.56. The van der Waals surface area contributed by atoms with Gasteiger partial charge in [-0.2, -0.15) is 26.3 Å². The van der Waals surface area contributed by atoms with Gasteiger partial charge in [0.2, 0.25) is 11.9 Å². The van der Waals surface area contributed by atoms with Crippen LogP contribution >= 0.6 is 22.7 Å². The lowest BCUT2D eigenvalue weighted by Crippen LogP contribution is -2.06. The Bertz CT molecular complexity index is 2350. The van der Waals surface area contributed by atoms with E-state index in [1.165, 1.54) is 0 Å². The summed E-state index contributed by atoms with van der Waals surface area (Å²) in [5, 5.41) is 6.12. The van der Waals surface area contributed by atoms with E-state index < -0.39 is 33.2 Å². The van der Waals surface area contributed by atoms with Gasteiger partial charge in [0.05, 0.1) is 22.5 Å². The molecule has 57 heavy (non-hydrogen) atoms. The number of nitrogens with two attached hydrogens (primary N) is 3. The minimum Gasteiger partial charge on any atom is -0.477 e. The average molecular weight is 832 g/mol. The summed E-state index contributed by atoms with van der Waals surface area (Å²) in [6, 6.07) is 15.5. The summed E-state index contributed by atoms with van der Waals surface area (Å²) < 4.78 is 73.5. The number of nitrogen functional groups attached to an aromatic ring is 2. The smallest absolute Gasteiger partial charge is 0.443 e. The predicted molar refractivity (Wildman–Crippen MR) is 204 cm³/mol. The van der Waals surface area contributed by atoms with Crippen LogP contribution in [0.1, 0.15) is 83.8 Å². The van der Waals surface area contributed by atoms with E-state index in [4.69, 9.17) is 22.3 Å². The van der Waals surface area contributed by atoms with Crippen molar-refractivity contribution in [1.29, 1.82) is 0 Å². The van der Waals surface area contributed by atoms with Crippen molar-refractivity contribution in [3.05, 3.63) is 115 Å². The van der Waals surface area contributed by atoms with Crippen molar-refractivity contribution in [2.75, 3.05) is 11.5 Å². The third-order valence-electron chi connectivity index (χ3n) is 7.97. The molecular formula is C37H35F6N9O3S2. The number of Topliss-reactive ketones (excluding diaryl/α,β-unsaturated/α-hetero) is 1. The lowest BCUT2D eigenvalue weighted by Gasteiger charge is -2.15. The van der Waals surface area contributed by atoms with Crippen LogP contribution in [-0.4, -0.2) is 46.8 Å². The molecule has 4 aromatic heterocycles. The Morgan fingerprint density at radius 1 is 0.702 bits per heavy atom. The van der Waals surface area contributed by atoms with Crippen molar-refractivity contribution in [3.8, 4) is 22.5 Å². The number of carboxylic acids is 1. The molecule has 20 heteroatoms. The molecule has 0 amide bonds. The zero-order valence-corrected chi connectivity index (χ0v) is 32.2. The summed E-state index contributed by atoms with van der Waals surface area (Å²) in [6.07, 6.45) is -4.07. The Kier molecular flexibility index (Phi) is 14.2. The van der Waals surface area contributed by atoms with Gasteiger partial charge >= 0.3 is 18.3 Å². The fourth-order valence-electron chi connectivity index (χ4n) is 5.33. The van der Waals surface area contributed by atoms with Crippen LogP contribution in [0.5, 0.6) is 0 Å². The fourth-order valence-corrected chi connectivity index (χ4v) is 6.68. The van der Waals surface area contributed by atoms with Crippen LogP contribution < -0.4 is 17.2 Å². The van der Waals surface area contributed by atoms with E-state index in [-0.39, 0.29) is 52.3 Å². The molecule has 0 fully saturated rings. The number of carbonyl (C=O) groups is 2. The molecule has 6 rings (SSSR count). The van der Waals surface area contributed by atoms with E-state index in [9.17, 15) is 35.9 Å². The number of hydrogen-bond donors (Lipinski definition) is 4. The zero-order valence-electron chi connectivity index (χ0n) is 30.6. The molecule has 0 aliphatic heterocycles. The molecule has 2 aromatic carbocycles. The lowest BCUT2D eigenvalue weighted by atomic mass is 9.90. The van der Waals surface area contributed by atoms with Crippen LogP contribution in [0.15, 0.2) is 73.3 Å². The summed E-state index contributed by atoms with van der Waals surface area (Å²) in [6.45, 7) is 7.81. The first kappa shape index (κ1) is 43.9. The summed E-state index contributed by atoms with van der Waals surface area (Å²) in [5.74, 6) is -1.44. The van der Waals surface area contributed by atoms with Gasteiger partial charge in [-0.05, 0) is 73.2 Å². The molecular weight excluding hydrogens is 797 g/mol. The van der Waals surface area contributed by atoms with E-state index in [1.54, 1.807) is 18.5 Å². The number of aromatic nitrogens is 6. The fraction of sp³-hybridized carbons (Fsp3) is 0.243. The number of halogens is 6.